The fraction of sp³-hybridized carbons (Fsp3) is 0.440. The normalized spacial score (nSPS) is 21.2. The summed E-state index contributed by atoms with van der Waals surface area (Å²) in [5.74, 6) is -0.494. The van der Waals surface area contributed by atoms with Gasteiger partial charge in [0, 0.05) is 73.2 Å². The highest BCUT2D eigenvalue weighted by atomic mass is 35.5. The van der Waals surface area contributed by atoms with E-state index in [-0.39, 0.29) is 29.4 Å². The third-order valence-electron chi connectivity index (χ3n) is 14.1. The van der Waals surface area contributed by atoms with Crippen molar-refractivity contribution in [2.45, 2.75) is 94.7 Å². The number of benzene rings is 3. The maximum atomic E-state index is 14.4. The minimum atomic E-state index is -4.59. The molecule has 1 saturated heterocycles. The summed E-state index contributed by atoms with van der Waals surface area (Å²) in [7, 11) is -4.59. The van der Waals surface area contributed by atoms with Crippen LogP contribution in [0.3, 0.4) is 0 Å². The van der Waals surface area contributed by atoms with E-state index in [0.717, 1.165) is 99.8 Å². The summed E-state index contributed by atoms with van der Waals surface area (Å²) >= 11 is 6.27. The van der Waals surface area contributed by atoms with Crippen molar-refractivity contribution in [1.82, 2.24) is 24.9 Å². The van der Waals surface area contributed by atoms with Crippen molar-refractivity contribution in [2.75, 3.05) is 55.7 Å². The molecule has 15 nitrogen and oxygen atoms in total. The Kier molecular flexibility index (Phi) is 12.4. The van der Waals surface area contributed by atoms with Gasteiger partial charge in [-0.1, -0.05) is 43.2 Å². The number of nitrogens with zero attached hydrogens (tertiary/aromatic N) is 5. The largest absolute Gasteiger partial charge is 0.484 e. The molecule has 67 heavy (non-hydrogen) atoms. The first kappa shape index (κ1) is 45.1. The monoisotopic (exact) mass is 948 g/mol. The second kappa shape index (κ2) is 18.4. The SMILES string of the molecule is CC1(C)CCC(CN2CCN(c3ccc(C(=O)NS(=O)(=O)c4ccc(OC5CCC(NC6CC6)CC5)c([N+](=O)[O-])c4)c(N4CCOc5nc6[nH]ccc6cc54)c3)CC2)=C(c2ccc(Cl)cc2)C1. The number of rotatable bonds is 13. The number of carbonyl (C=O) groups excluding carboxylic acids is 1. The van der Waals surface area contributed by atoms with Crippen molar-refractivity contribution >= 4 is 66.9 Å². The molecule has 3 aromatic carbocycles. The van der Waals surface area contributed by atoms with Gasteiger partial charge in [-0.25, -0.2) is 13.1 Å². The molecule has 2 aliphatic heterocycles. The molecule has 3 fully saturated rings. The summed E-state index contributed by atoms with van der Waals surface area (Å²) in [5.41, 5.74) is 6.64. The average molecular weight is 950 g/mol. The summed E-state index contributed by atoms with van der Waals surface area (Å²) in [6, 6.07) is 22.0. The third-order valence-corrected chi connectivity index (χ3v) is 15.6. The van der Waals surface area contributed by atoms with Gasteiger partial charge >= 0.3 is 5.69 Å². The van der Waals surface area contributed by atoms with Gasteiger partial charge in [-0.05, 0) is 129 Å². The molecular formula is C50H57ClN8O7S. The van der Waals surface area contributed by atoms with Crippen LogP contribution >= 0.6 is 11.6 Å². The number of sulfonamides is 1. The van der Waals surface area contributed by atoms with Crippen LogP contribution in [-0.4, -0.2) is 98.2 Å². The predicted molar refractivity (Wildman–Crippen MR) is 260 cm³/mol. The van der Waals surface area contributed by atoms with E-state index < -0.39 is 31.4 Å². The molecule has 0 radical (unpaired) electrons. The van der Waals surface area contributed by atoms with Crippen molar-refractivity contribution < 1.29 is 27.6 Å². The maximum Gasteiger partial charge on any atom is 0.312 e. The lowest BCUT2D eigenvalue weighted by atomic mass is 9.72. The lowest BCUT2D eigenvalue weighted by Gasteiger charge is -2.39. The number of amides is 1. The Morgan fingerprint density at radius 1 is 0.940 bits per heavy atom. The van der Waals surface area contributed by atoms with E-state index in [4.69, 9.17) is 26.1 Å². The van der Waals surface area contributed by atoms with Gasteiger partial charge in [0.2, 0.25) is 5.88 Å². The highest BCUT2D eigenvalue weighted by Gasteiger charge is 2.34. The number of nitro benzene ring substituents is 1. The van der Waals surface area contributed by atoms with Gasteiger partial charge in [0.1, 0.15) is 17.9 Å². The molecule has 0 spiro atoms. The predicted octanol–water partition coefficient (Wildman–Crippen LogP) is 9.00. The molecule has 3 N–H and O–H groups in total. The van der Waals surface area contributed by atoms with Crippen LogP contribution in [0.1, 0.15) is 87.6 Å². The van der Waals surface area contributed by atoms with Crippen molar-refractivity contribution in [3.05, 3.63) is 111 Å². The number of fused-ring (bicyclic) bond motifs is 2. The van der Waals surface area contributed by atoms with Crippen molar-refractivity contribution in [3.8, 4) is 11.6 Å². The van der Waals surface area contributed by atoms with Crippen LogP contribution in [0.2, 0.25) is 5.02 Å². The van der Waals surface area contributed by atoms with E-state index in [9.17, 15) is 23.3 Å². The molecule has 0 unspecified atom stereocenters. The number of carbonyl (C=O) groups is 1. The Balaban J connectivity index is 0.892. The molecule has 4 heterocycles. The van der Waals surface area contributed by atoms with E-state index in [1.807, 2.05) is 41.3 Å². The molecule has 3 aliphatic carbocycles. The minimum Gasteiger partial charge on any atom is -0.484 e. The summed E-state index contributed by atoms with van der Waals surface area (Å²) in [6.45, 7) is 9.38. The fourth-order valence-electron chi connectivity index (χ4n) is 10.1. The van der Waals surface area contributed by atoms with Crippen LogP contribution in [0.25, 0.3) is 16.6 Å². The average Bonchev–Trinajstić information content (AvgIpc) is 4.02. The van der Waals surface area contributed by atoms with Crippen LogP contribution < -0.4 is 29.3 Å². The Hall–Kier alpha value is -5.68. The van der Waals surface area contributed by atoms with Gasteiger partial charge in [0.25, 0.3) is 15.9 Å². The first-order valence-electron chi connectivity index (χ1n) is 23.5. The summed E-state index contributed by atoms with van der Waals surface area (Å²) < 4.78 is 42.3. The van der Waals surface area contributed by atoms with Crippen LogP contribution in [0.5, 0.6) is 11.6 Å². The second-order valence-electron chi connectivity index (χ2n) is 19.5. The number of aromatic amines is 1. The smallest absolute Gasteiger partial charge is 0.312 e. The minimum absolute atomic E-state index is 0.00140. The Bertz CT molecular complexity index is 2830. The van der Waals surface area contributed by atoms with Crippen LogP contribution in [-0.2, 0) is 10.0 Å². The number of hydrogen-bond acceptors (Lipinski definition) is 12. The topological polar surface area (TPSA) is 175 Å². The van der Waals surface area contributed by atoms with Crippen LogP contribution in [0.15, 0.2) is 89.5 Å². The van der Waals surface area contributed by atoms with E-state index in [0.29, 0.717) is 41.5 Å². The molecule has 2 aromatic heterocycles. The molecule has 352 valence electrons. The molecule has 0 atom stereocenters. The van der Waals surface area contributed by atoms with E-state index in [1.165, 1.54) is 41.7 Å². The second-order valence-corrected chi connectivity index (χ2v) is 21.6. The number of piperazine rings is 1. The van der Waals surface area contributed by atoms with E-state index in [2.05, 4.69) is 50.8 Å². The zero-order valence-electron chi connectivity index (χ0n) is 37.9. The number of nitro groups is 1. The maximum absolute atomic E-state index is 14.4. The molecule has 5 aliphatic rings. The Morgan fingerprint density at radius 3 is 2.42 bits per heavy atom. The van der Waals surface area contributed by atoms with Crippen LogP contribution in [0, 0.1) is 15.5 Å². The van der Waals surface area contributed by atoms with Gasteiger partial charge in [0.05, 0.1) is 33.7 Å². The Morgan fingerprint density at radius 2 is 1.69 bits per heavy atom. The summed E-state index contributed by atoms with van der Waals surface area (Å²) in [5, 5.41) is 17.5. The number of hydrogen-bond donors (Lipinski definition) is 3. The van der Waals surface area contributed by atoms with Gasteiger partial charge in [-0.3, -0.25) is 19.8 Å². The zero-order valence-corrected chi connectivity index (χ0v) is 39.5. The lowest BCUT2D eigenvalue weighted by molar-refractivity contribution is -0.386. The molecular weight excluding hydrogens is 892 g/mol. The number of aromatic nitrogens is 2. The van der Waals surface area contributed by atoms with E-state index in [1.54, 1.807) is 12.3 Å². The highest BCUT2D eigenvalue weighted by Crippen LogP contribution is 2.44. The fourth-order valence-corrected chi connectivity index (χ4v) is 11.3. The van der Waals surface area contributed by atoms with Crippen molar-refractivity contribution in [2.24, 2.45) is 5.41 Å². The van der Waals surface area contributed by atoms with Gasteiger partial charge < -0.3 is 29.6 Å². The molecule has 5 aromatic rings. The molecule has 2 saturated carbocycles. The van der Waals surface area contributed by atoms with Crippen molar-refractivity contribution in [1.29, 1.82) is 0 Å². The summed E-state index contributed by atoms with van der Waals surface area (Å²) in [6.07, 6.45) is 10.5. The Labute approximate surface area is 396 Å². The van der Waals surface area contributed by atoms with Gasteiger partial charge in [-0.15, -0.1) is 0 Å². The quantitative estimate of drug-likeness (QED) is 0.0756. The number of pyridine rings is 1. The lowest BCUT2D eigenvalue weighted by Crippen LogP contribution is -2.47. The van der Waals surface area contributed by atoms with E-state index >= 15 is 0 Å². The summed E-state index contributed by atoms with van der Waals surface area (Å²) in [4.78, 5) is 40.2. The number of halogens is 1. The number of H-pyrrole nitrogens is 1. The van der Waals surface area contributed by atoms with Gasteiger partial charge in [-0.2, -0.15) is 4.98 Å². The third kappa shape index (κ3) is 9.99. The number of ether oxygens (including phenoxy) is 2. The number of allylic oxidation sites excluding steroid dienone is 1. The zero-order chi connectivity index (χ0) is 46.5. The van der Waals surface area contributed by atoms with Crippen molar-refractivity contribution in [3.63, 3.8) is 0 Å². The number of nitrogens with one attached hydrogen (secondary N) is 3. The highest BCUT2D eigenvalue weighted by molar-refractivity contribution is 7.90. The molecule has 17 heteroatoms. The first-order chi connectivity index (χ1) is 32.2. The molecule has 10 rings (SSSR count). The molecule has 0 bridgehead atoms. The molecule has 1 amide bonds. The first-order valence-corrected chi connectivity index (χ1v) is 25.4. The standard InChI is InChI=1S/C50H57ClN8O7S/c1-50(2)19-17-34(42(30-50)32-3-5-35(51)6-4-32)31-56-21-23-57(24-22-56)38-11-15-41(43(28-38)58-25-26-65-49-45(58)27-33-18-20-52-47(33)54-49)48(60)55-67(63,64)40-14-16-46(44(29-40)59(61)62)66-39-12-9-37(10-13-39)53-36-7-8-36/h3-6,11,14-16,18,20,27-29,36-37,39,53H,7-10,12-13,17,19,21-26,30-31H2,1-2H3,(H,52,54)(H,55,60). The van der Waals surface area contributed by atoms with Crippen LogP contribution in [0.4, 0.5) is 22.7 Å². The number of anilines is 3. The van der Waals surface area contributed by atoms with Gasteiger partial charge in [0.15, 0.2) is 5.75 Å².